The molecule has 3 aromatic rings. The summed E-state index contributed by atoms with van der Waals surface area (Å²) in [6.07, 6.45) is 2.71. The SMILES string of the molecule is C=CCCOC(c1ccccc1)(c1ccccc1)c1ccccc1. The molecule has 0 saturated carbocycles. The Kier molecular flexibility index (Phi) is 5.25. The molecule has 0 aliphatic heterocycles. The van der Waals surface area contributed by atoms with Crippen LogP contribution < -0.4 is 0 Å². The molecule has 0 radical (unpaired) electrons. The first kappa shape index (κ1) is 16.2. The van der Waals surface area contributed by atoms with Gasteiger partial charge < -0.3 is 4.74 Å². The minimum absolute atomic E-state index is 0.613. The molecule has 0 amide bonds. The summed E-state index contributed by atoms with van der Waals surface area (Å²) < 4.78 is 6.56. The normalized spacial score (nSPS) is 11.2. The van der Waals surface area contributed by atoms with Crippen LogP contribution >= 0.6 is 0 Å². The highest BCUT2D eigenvalue weighted by atomic mass is 16.5. The van der Waals surface area contributed by atoms with E-state index in [2.05, 4.69) is 79.4 Å². The van der Waals surface area contributed by atoms with Crippen molar-refractivity contribution in [2.24, 2.45) is 0 Å². The molecule has 0 aliphatic rings. The van der Waals surface area contributed by atoms with Gasteiger partial charge in [0.25, 0.3) is 0 Å². The summed E-state index contributed by atoms with van der Waals surface area (Å²) in [6.45, 7) is 4.43. The van der Waals surface area contributed by atoms with Crippen LogP contribution in [-0.2, 0) is 10.3 Å². The molecule has 0 atom stereocenters. The Morgan fingerprint density at radius 2 is 1.04 bits per heavy atom. The van der Waals surface area contributed by atoms with Gasteiger partial charge in [-0.3, -0.25) is 0 Å². The van der Waals surface area contributed by atoms with E-state index in [0.29, 0.717) is 6.61 Å². The van der Waals surface area contributed by atoms with E-state index < -0.39 is 5.60 Å². The van der Waals surface area contributed by atoms with E-state index in [0.717, 1.165) is 23.1 Å². The van der Waals surface area contributed by atoms with Gasteiger partial charge in [0.15, 0.2) is 0 Å². The highest BCUT2D eigenvalue weighted by Gasteiger charge is 2.37. The van der Waals surface area contributed by atoms with Crippen LogP contribution in [0.2, 0.25) is 0 Å². The van der Waals surface area contributed by atoms with Crippen molar-refractivity contribution in [2.45, 2.75) is 12.0 Å². The van der Waals surface area contributed by atoms with Gasteiger partial charge in [-0.15, -0.1) is 6.58 Å². The third-order valence-electron chi connectivity index (χ3n) is 4.18. The number of rotatable bonds is 7. The molecule has 120 valence electrons. The lowest BCUT2D eigenvalue weighted by atomic mass is 9.80. The fourth-order valence-electron chi connectivity index (χ4n) is 3.06. The Hall–Kier alpha value is -2.64. The summed E-state index contributed by atoms with van der Waals surface area (Å²) in [4.78, 5) is 0. The van der Waals surface area contributed by atoms with Crippen molar-refractivity contribution in [1.29, 1.82) is 0 Å². The number of hydrogen-bond acceptors (Lipinski definition) is 1. The van der Waals surface area contributed by atoms with Crippen LogP contribution in [0.15, 0.2) is 104 Å². The molecule has 0 bridgehead atoms. The first-order chi connectivity index (χ1) is 11.9. The van der Waals surface area contributed by atoms with Crippen LogP contribution in [0.3, 0.4) is 0 Å². The molecular formula is C23H22O. The fraction of sp³-hybridized carbons (Fsp3) is 0.130. The first-order valence-corrected chi connectivity index (χ1v) is 8.29. The quantitative estimate of drug-likeness (QED) is 0.315. The Labute approximate surface area is 144 Å². The lowest BCUT2D eigenvalue weighted by Crippen LogP contribution is -2.33. The number of ether oxygens (including phenoxy) is 1. The number of hydrogen-bond donors (Lipinski definition) is 0. The molecular weight excluding hydrogens is 292 g/mol. The third-order valence-corrected chi connectivity index (χ3v) is 4.18. The smallest absolute Gasteiger partial charge is 0.143 e. The van der Waals surface area contributed by atoms with E-state index in [9.17, 15) is 0 Å². The van der Waals surface area contributed by atoms with Gasteiger partial charge in [0.2, 0.25) is 0 Å². The molecule has 0 N–H and O–H groups in total. The van der Waals surface area contributed by atoms with E-state index in [1.54, 1.807) is 0 Å². The Bertz CT molecular complexity index is 651. The maximum absolute atomic E-state index is 6.56. The molecule has 1 nitrogen and oxygen atoms in total. The van der Waals surface area contributed by atoms with Gasteiger partial charge in [0, 0.05) is 0 Å². The lowest BCUT2D eigenvalue weighted by Gasteiger charge is -2.36. The van der Waals surface area contributed by atoms with Crippen LogP contribution in [0.4, 0.5) is 0 Å². The minimum atomic E-state index is -0.618. The van der Waals surface area contributed by atoms with E-state index >= 15 is 0 Å². The summed E-state index contributed by atoms with van der Waals surface area (Å²) in [6, 6.07) is 31.3. The molecule has 0 fully saturated rings. The molecule has 0 unspecified atom stereocenters. The minimum Gasteiger partial charge on any atom is -0.361 e. The molecule has 0 spiro atoms. The molecule has 0 aliphatic carbocycles. The molecule has 0 saturated heterocycles. The largest absolute Gasteiger partial charge is 0.361 e. The fourth-order valence-corrected chi connectivity index (χ4v) is 3.06. The van der Waals surface area contributed by atoms with Gasteiger partial charge in [-0.05, 0) is 23.1 Å². The van der Waals surface area contributed by atoms with Gasteiger partial charge in [-0.1, -0.05) is 97.1 Å². The van der Waals surface area contributed by atoms with Crippen molar-refractivity contribution >= 4 is 0 Å². The van der Waals surface area contributed by atoms with E-state index in [1.807, 2.05) is 24.3 Å². The van der Waals surface area contributed by atoms with Crippen molar-refractivity contribution in [3.05, 3.63) is 120 Å². The Morgan fingerprint density at radius 1 is 0.667 bits per heavy atom. The highest BCUT2D eigenvalue weighted by molar-refractivity contribution is 5.47. The number of benzene rings is 3. The Morgan fingerprint density at radius 3 is 1.38 bits per heavy atom. The zero-order chi connectivity index (χ0) is 16.7. The van der Waals surface area contributed by atoms with Gasteiger partial charge in [-0.2, -0.15) is 0 Å². The predicted molar refractivity (Wildman–Crippen MR) is 100.0 cm³/mol. The van der Waals surface area contributed by atoms with Gasteiger partial charge in [-0.25, -0.2) is 0 Å². The second kappa shape index (κ2) is 7.76. The van der Waals surface area contributed by atoms with E-state index in [4.69, 9.17) is 4.74 Å². The second-order valence-electron chi connectivity index (χ2n) is 5.71. The Balaban J connectivity index is 2.22. The molecule has 0 aromatic heterocycles. The first-order valence-electron chi connectivity index (χ1n) is 8.29. The lowest BCUT2D eigenvalue weighted by molar-refractivity contribution is 0.0157. The monoisotopic (exact) mass is 314 g/mol. The second-order valence-corrected chi connectivity index (χ2v) is 5.71. The molecule has 0 heterocycles. The van der Waals surface area contributed by atoms with Crippen LogP contribution in [0.5, 0.6) is 0 Å². The van der Waals surface area contributed by atoms with Crippen LogP contribution in [0.1, 0.15) is 23.1 Å². The molecule has 24 heavy (non-hydrogen) atoms. The molecule has 3 rings (SSSR count). The van der Waals surface area contributed by atoms with Crippen LogP contribution in [-0.4, -0.2) is 6.61 Å². The van der Waals surface area contributed by atoms with Crippen molar-refractivity contribution in [1.82, 2.24) is 0 Å². The van der Waals surface area contributed by atoms with Crippen molar-refractivity contribution in [3.8, 4) is 0 Å². The summed E-state index contributed by atoms with van der Waals surface area (Å²) in [5, 5.41) is 0. The third kappa shape index (κ3) is 3.17. The van der Waals surface area contributed by atoms with E-state index in [-0.39, 0.29) is 0 Å². The summed E-state index contributed by atoms with van der Waals surface area (Å²) in [7, 11) is 0. The zero-order valence-electron chi connectivity index (χ0n) is 13.8. The van der Waals surface area contributed by atoms with Gasteiger partial charge in [0.05, 0.1) is 6.61 Å². The standard InChI is InChI=1S/C23H22O/c1-2-3-19-24-23(20-13-7-4-8-14-20,21-15-9-5-10-16-21)22-17-11-6-12-18-22/h2,4-18H,1,3,19H2. The maximum Gasteiger partial charge on any atom is 0.143 e. The summed E-state index contributed by atoms with van der Waals surface area (Å²) in [5.74, 6) is 0. The summed E-state index contributed by atoms with van der Waals surface area (Å²) >= 11 is 0. The van der Waals surface area contributed by atoms with Crippen LogP contribution in [0.25, 0.3) is 0 Å². The van der Waals surface area contributed by atoms with E-state index in [1.165, 1.54) is 0 Å². The summed E-state index contributed by atoms with van der Waals surface area (Å²) in [5.41, 5.74) is 2.77. The van der Waals surface area contributed by atoms with Gasteiger partial charge >= 0.3 is 0 Å². The van der Waals surface area contributed by atoms with Crippen molar-refractivity contribution < 1.29 is 4.74 Å². The van der Waals surface area contributed by atoms with Crippen LogP contribution in [0, 0.1) is 0 Å². The average Bonchev–Trinajstić information content (AvgIpc) is 2.68. The molecule has 3 aromatic carbocycles. The highest BCUT2D eigenvalue weighted by Crippen LogP contribution is 2.40. The average molecular weight is 314 g/mol. The van der Waals surface area contributed by atoms with Gasteiger partial charge in [0.1, 0.15) is 5.60 Å². The predicted octanol–water partition coefficient (Wildman–Crippen LogP) is 5.57. The van der Waals surface area contributed by atoms with Crippen molar-refractivity contribution in [2.75, 3.05) is 6.61 Å². The van der Waals surface area contributed by atoms with Crippen molar-refractivity contribution in [3.63, 3.8) is 0 Å². The topological polar surface area (TPSA) is 9.23 Å². The molecule has 1 heteroatoms. The maximum atomic E-state index is 6.56. The zero-order valence-corrected chi connectivity index (χ0v) is 13.8.